The third-order valence-corrected chi connectivity index (χ3v) is 3.80. The quantitative estimate of drug-likeness (QED) is 0.877. The maximum atomic E-state index is 5.45. The van der Waals surface area contributed by atoms with Crippen LogP contribution in [0.4, 0.5) is 0 Å². The number of methoxy groups -OCH3 is 1. The summed E-state index contributed by atoms with van der Waals surface area (Å²) in [6, 6.07) is 0.623. The molecule has 0 spiro atoms. The van der Waals surface area contributed by atoms with Gasteiger partial charge in [-0.1, -0.05) is 0 Å². The second-order valence-corrected chi connectivity index (χ2v) is 5.06. The molecule has 0 radical (unpaired) electrons. The number of hydrogen-bond acceptors (Lipinski definition) is 4. The second kappa shape index (κ2) is 5.67. The van der Waals surface area contributed by atoms with Crippen LogP contribution in [0.2, 0.25) is 0 Å². The van der Waals surface area contributed by atoms with Gasteiger partial charge in [-0.25, -0.2) is 0 Å². The van der Waals surface area contributed by atoms with Crippen LogP contribution in [0.15, 0.2) is 6.20 Å². The fourth-order valence-corrected chi connectivity index (χ4v) is 2.65. The highest BCUT2D eigenvalue weighted by molar-refractivity contribution is 5.41. The highest BCUT2D eigenvalue weighted by Gasteiger charge is 2.22. The molecule has 1 aromatic heterocycles. The first kappa shape index (κ1) is 13.3. The number of pyridine rings is 1. The third kappa shape index (κ3) is 2.65. The average molecular weight is 249 g/mol. The summed E-state index contributed by atoms with van der Waals surface area (Å²) in [5.41, 5.74) is 3.41. The lowest BCUT2D eigenvalue weighted by Crippen LogP contribution is -2.29. The van der Waals surface area contributed by atoms with Crippen LogP contribution in [0.1, 0.15) is 23.2 Å². The topological polar surface area (TPSA) is 37.4 Å². The van der Waals surface area contributed by atoms with Crippen LogP contribution >= 0.6 is 0 Å². The van der Waals surface area contributed by atoms with Crippen molar-refractivity contribution in [3.05, 3.63) is 23.0 Å². The minimum absolute atomic E-state index is 0.623. The van der Waals surface area contributed by atoms with E-state index in [1.807, 2.05) is 20.2 Å². The number of ether oxygens (including phenoxy) is 1. The first-order valence-corrected chi connectivity index (χ1v) is 6.54. The normalized spacial score (nSPS) is 20.3. The highest BCUT2D eigenvalue weighted by atomic mass is 16.5. The lowest BCUT2D eigenvalue weighted by Gasteiger charge is -2.18. The Hall–Kier alpha value is -1.13. The van der Waals surface area contributed by atoms with Gasteiger partial charge in [0.2, 0.25) is 0 Å². The van der Waals surface area contributed by atoms with E-state index in [1.165, 1.54) is 12.0 Å². The van der Waals surface area contributed by atoms with Crippen molar-refractivity contribution in [3.8, 4) is 5.75 Å². The molecule has 1 atom stereocenters. The zero-order chi connectivity index (χ0) is 13.1. The Morgan fingerprint density at radius 1 is 1.50 bits per heavy atom. The lowest BCUT2D eigenvalue weighted by atomic mass is 10.1. The fourth-order valence-electron chi connectivity index (χ4n) is 2.65. The van der Waals surface area contributed by atoms with Gasteiger partial charge in [0.1, 0.15) is 5.75 Å². The van der Waals surface area contributed by atoms with Gasteiger partial charge in [0.05, 0.1) is 12.8 Å². The van der Waals surface area contributed by atoms with Gasteiger partial charge >= 0.3 is 0 Å². The van der Waals surface area contributed by atoms with Crippen LogP contribution in [-0.4, -0.2) is 43.2 Å². The number of aryl methyl sites for hydroxylation is 1. The van der Waals surface area contributed by atoms with Crippen molar-refractivity contribution in [2.24, 2.45) is 0 Å². The van der Waals surface area contributed by atoms with E-state index < -0.39 is 0 Å². The molecule has 1 aromatic rings. The van der Waals surface area contributed by atoms with Crippen molar-refractivity contribution in [1.29, 1.82) is 0 Å². The van der Waals surface area contributed by atoms with Gasteiger partial charge in [-0.15, -0.1) is 0 Å². The Morgan fingerprint density at radius 3 is 2.89 bits per heavy atom. The largest absolute Gasteiger partial charge is 0.496 e. The van der Waals surface area contributed by atoms with Crippen molar-refractivity contribution in [2.75, 3.05) is 27.2 Å². The standard InChI is InChI=1S/C14H23N3O/c1-10-7-16-13(11(2)14(10)18-4)9-17-6-5-12(8-17)15-3/h7,12,15H,5-6,8-9H2,1-4H3. The summed E-state index contributed by atoms with van der Waals surface area (Å²) >= 11 is 0. The zero-order valence-electron chi connectivity index (χ0n) is 11.8. The van der Waals surface area contributed by atoms with Gasteiger partial charge in [-0.05, 0) is 27.3 Å². The molecule has 1 unspecified atom stereocenters. The monoisotopic (exact) mass is 249 g/mol. The molecular weight excluding hydrogens is 226 g/mol. The zero-order valence-corrected chi connectivity index (χ0v) is 11.8. The SMILES string of the molecule is CNC1CCN(Cc2ncc(C)c(OC)c2C)C1. The van der Waals surface area contributed by atoms with E-state index in [9.17, 15) is 0 Å². The number of rotatable bonds is 4. The van der Waals surface area contributed by atoms with E-state index in [0.717, 1.165) is 36.6 Å². The molecule has 2 rings (SSSR count). The molecule has 1 aliphatic heterocycles. The van der Waals surface area contributed by atoms with E-state index >= 15 is 0 Å². The molecule has 18 heavy (non-hydrogen) atoms. The summed E-state index contributed by atoms with van der Waals surface area (Å²) in [6.45, 7) is 7.30. The molecule has 0 amide bonds. The molecule has 0 aliphatic carbocycles. The number of hydrogen-bond donors (Lipinski definition) is 1. The van der Waals surface area contributed by atoms with E-state index in [0.29, 0.717) is 6.04 Å². The smallest absolute Gasteiger partial charge is 0.128 e. The molecule has 4 nitrogen and oxygen atoms in total. The van der Waals surface area contributed by atoms with Gasteiger partial charge in [0.15, 0.2) is 0 Å². The minimum atomic E-state index is 0.623. The molecule has 100 valence electrons. The Kier molecular flexibility index (Phi) is 4.19. The summed E-state index contributed by atoms with van der Waals surface area (Å²) in [5, 5.41) is 3.34. The summed E-state index contributed by atoms with van der Waals surface area (Å²) < 4.78 is 5.45. The fraction of sp³-hybridized carbons (Fsp3) is 0.643. The Balaban J connectivity index is 2.10. The van der Waals surface area contributed by atoms with E-state index in [1.54, 1.807) is 7.11 Å². The number of likely N-dealkylation sites (tertiary alicyclic amines) is 1. The summed E-state index contributed by atoms with van der Waals surface area (Å²) in [4.78, 5) is 7.01. The van der Waals surface area contributed by atoms with Gasteiger partial charge in [-0.3, -0.25) is 9.88 Å². The molecule has 1 N–H and O–H groups in total. The number of nitrogens with zero attached hydrogens (tertiary/aromatic N) is 2. The predicted octanol–water partition coefficient (Wildman–Crippen LogP) is 1.50. The van der Waals surface area contributed by atoms with Crippen molar-refractivity contribution in [3.63, 3.8) is 0 Å². The van der Waals surface area contributed by atoms with Crippen LogP contribution < -0.4 is 10.1 Å². The van der Waals surface area contributed by atoms with Crippen molar-refractivity contribution in [2.45, 2.75) is 32.9 Å². The molecule has 0 aromatic carbocycles. The minimum Gasteiger partial charge on any atom is -0.496 e. The molecule has 4 heteroatoms. The first-order valence-electron chi connectivity index (χ1n) is 6.54. The highest BCUT2D eigenvalue weighted by Crippen LogP contribution is 2.25. The molecule has 1 saturated heterocycles. The van der Waals surface area contributed by atoms with Gasteiger partial charge in [0, 0.05) is 43.0 Å². The Morgan fingerprint density at radius 2 is 2.28 bits per heavy atom. The maximum Gasteiger partial charge on any atom is 0.128 e. The van der Waals surface area contributed by atoms with Crippen LogP contribution in [0.25, 0.3) is 0 Å². The number of likely N-dealkylation sites (N-methyl/N-ethyl adjacent to an activating group) is 1. The molecule has 2 heterocycles. The molecule has 1 aliphatic rings. The van der Waals surface area contributed by atoms with Gasteiger partial charge in [0.25, 0.3) is 0 Å². The third-order valence-electron chi connectivity index (χ3n) is 3.80. The summed E-state index contributed by atoms with van der Waals surface area (Å²) in [6.07, 6.45) is 3.13. The number of nitrogens with one attached hydrogen (secondary N) is 1. The molecular formula is C14H23N3O. The van der Waals surface area contributed by atoms with Gasteiger partial charge < -0.3 is 10.1 Å². The van der Waals surface area contributed by atoms with Crippen molar-refractivity contribution < 1.29 is 4.74 Å². The van der Waals surface area contributed by atoms with E-state index in [2.05, 4.69) is 22.1 Å². The van der Waals surface area contributed by atoms with Crippen LogP contribution in [0, 0.1) is 13.8 Å². The molecule has 1 fully saturated rings. The lowest BCUT2D eigenvalue weighted by molar-refractivity contribution is 0.316. The predicted molar refractivity (Wildman–Crippen MR) is 73.0 cm³/mol. The molecule has 0 saturated carbocycles. The van der Waals surface area contributed by atoms with Crippen LogP contribution in [0.5, 0.6) is 5.75 Å². The second-order valence-electron chi connectivity index (χ2n) is 5.06. The Bertz CT molecular complexity index is 420. The average Bonchev–Trinajstić information content (AvgIpc) is 2.81. The van der Waals surface area contributed by atoms with Crippen LogP contribution in [-0.2, 0) is 6.54 Å². The Labute approximate surface area is 109 Å². The summed E-state index contributed by atoms with van der Waals surface area (Å²) in [7, 11) is 3.76. The maximum absolute atomic E-state index is 5.45. The van der Waals surface area contributed by atoms with Crippen molar-refractivity contribution in [1.82, 2.24) is 15.2 Å². The van der Waals surface area contributed by atoms with E-state index in [-0.39, 0.29) is 0 Å². The summed E-state index contributed by atoms with van der Waals surface area (Å²) in [5.74, 6) is 0.976. The van der Waals surface area contributed by atoms with Crippen molar-refractivity contribution >= 4 is 0 Å². The van der Waals surface area contributed by atoms with Crippen LogP contribution in [0.3, 0.4) is 0 Å². The first-order chi connectivity index (χ1) is 8.65. The van der Waals surface area contributed by atoms with Gasteiger partial charge in [-0.2, -0.15) is 0 Å². The van der Waals surface area contributed by atoms with E-state index in [4.69, 9.17) is 4.74 Å². The number of aromatic nitrogens is 1. The molecule has 0 bridgehead atoms.